The van der Waals surface area contributed by atoms with Gasteiger partial charge in [0.25, 0.3) is 0 Å². The predicted molar refractivity (Wildman–Crippen MR) is 92.1 cm³/mol. The van der Waals surface area contributed by atoms with E-state index in [4.69, 9.17) is 9.47 Å². The van der Waals surface area contributed by atoms with Crippen LogP contribution in [0.3, 0.4) is 0 Å². The third-order valence-electron chi connectivity index (χ3n) is 4.08. The van der Waals surface area contributed by atoms with Crippen molar-refractivity contribution in [1.29, 1.82) is 0 Å². The molecule has 1 aromatic heterocycles. The van der Waals surface area contributed by atoms with Crippen molar-refractivity contribution in [2.75, 3.05) is 14.2 Å². The van der Waals surface area contributed by atoms with Crippen LogP contribution in [-0.2, 0) is 6.54 Å². The van der Waals surface area contributed by atoms with Crippen LogP contribution in [0.2, 0.25) is 0 Å². The first-order valence-corrected chi connectivity index (χ1v) is 8.24. The molecule has 0 N–H and O–H groups in total. The number of rotatable bonds is 6. The molecule has 11 heteroatoms. The lowest BCUT2D eigenvalue weighted by Crippen LogP contribution is -2.15. The Hall–Kier alpha value is -3.63. The fourth-order valence-electron chi connectivity index (χ4n) is 2.63. The van der Waals surface area contributed by atoms with E-state index in [1.165, 1.54) is 20.3 Å². The molecule has 0 aliphatic carbocycles. The van der Waals surface area contributed by atoms with Gasteiger partial charge in [-0.25, -0.2) is 18.0 Å². The lowest BCUT2D eigenvalue weighted by atomic mass is 10.1. The number of aromatic nitrogens is 2. The molecule has 0 saturated carbocycles. The number of hydrogen-bond donors (Lipinski definition) is 0. The van der Waals surface area contributed by atoms with Crippen molar-refractivity contribution in [1.82, 2.24) is 9.78 Å². The Morgan fingerprint density at radius 2 is 1.53 bits per heavy atom. The van der Waals surface area contributed by atoms with Crippen molar-refractivity contribution in [2.24, 2.45) is 0 Å². The van der Waals surface area contributed by atoms with E-state index in [1.54, 1.807) is 23.1 Å². The molecule has 0 amide bonds. The Bertz CT molecular complexity index is 1070. The number of esters is 1. The first kappa shape index (κ1) is 21.1. The van der Waals surface area contributed by atoms with Gasteiger partial charge >= 0.3 is 5.97 Å². The van der Waals surface area contributed by atoms with Gasteiger partial charge < -0.3 is 14.2 Å². The van der Waals surface area contributed by atoms with Crippen molar-refractivity contribution < 1.29 is 41.0 Å². The molecule has 2 aromatic carbocycles. The first-order valence-electron chi connectivity index (χ1n) is 8.24. The van der Waals surface area contributed by atoms with E-state index in [-0.39, 0.29) is 23.6 Å². The molecule has 1 heterocycles. The van der Waals surface area contributed by atoms with Crippen molar-refractivity contribution in [3.8, 4) is 17.2 Å². The van der Waals surface area contributed by atoms with E-state index in [0.717, 1.165) is 6.07 Å². The predicted octanol–water partition coefficient (Wildman–Crippen LogP) is 3.86. The topological polar surface area (TPSA) is 62.6 Å². The van der Waals surface area contributed by atoms with Gasteiger partial charge in [-0.05, 0) is 18.2 Å². The number of carbonyl (C=O) groups excluding carboxylic acids is 1. The van der Waals surface area contributed by atoms with Gasteiger partial charge in [0, 0.05) is 18.0 Å². The molecule has 3 rings (SSSR count). The highest BCUT2D eigenvalue weighted by atomic mass is 19.2. The Morgan fingerprint density at radius 1 is 0.933 bits per heavy atom. The Labute approximate surface area is 166 Å². The van der Waals surface area contributed by atoms with Gasteiger partial charge in [0.05, 0.1) is 20.8 Å². The van der Waals surface area contributed by atoms with Crippen LogP contribution in [-0.4, -0.2) is 30.0 Å². The van der Waals surface area contributed by atoms with Crippen LogP contribution in [0.4, 0.5) is 22.0 Å². The number of ether oxygens (including phenoxy) is 3. The third-order valence-corrected chi connectivity index (χ3v) is 4.08. The summed E-state index contributed by atoms with van der Waals surface area (Å²) in [4.78, 5) is 12.5. The second-order valence-electron chi connectivity index (χ2n) is 5.86. The molecule has 0 spiro atoms. The van der Waals surface area contributed by atoms with Gasteiger partial charge in [-0.15, -0.1) is 0 Å². The molecule has 0 unspecified atom stereocenters. The second-order valence-corrected chi connectivity index (χ2v) is 5.86. The zero-order valence-electron chi connectivity index (χ0n) is 15.5. The number of carbonyl (C=O) groups is 1. The summed E-state index contributed by atoms with van der Waals surface area (Å²) in [6.07, 6.45) is 3.23. The van der Waals surface area contributed by atoms with Crippen LogP contribution in [0.5, 0.6) is 17.2 Å². The minimum absolute atomic E-state index is 0.0770. The molecule has 0 aliphatic heterocycles. The van der Waals surface area contributed by atoms with Gasteiger partial charge in [-0.3, -0.25) is 4.68 Å². The van der Waals surface area contributed by atoms with Gasteiger partial charge in [-0.2, -0.15) is 13.9 Å². The number of methoxy groups -OCH3 is 2. The quantitative estimate of drug-likeness (QED) is 0.196. The van der Waals surface area contributed by atoms with Crippen molar-refractivity contribution in [3.63, 3.8) is 0 Å². The van der Waals surface area contributed by atoms with Gasteiger partial charge in [-0.1, -0.05) is 0 Å². The summed E-state index contributed by atoms with van der Waals surface area (Å²) in [7, 11) is 2.53. The van der Waals surface area contributed by atoms with E-state index in [9.17, 15) is 26.7 Å². The van der Waals surface area contributed by atoms with E-state index in [2.05, 4.69) is 9.84 Å². The summed E-state index contributed by atoms with van der Waals surface area (Å²) in [5.74, 6) is -14.4. The second kappa shape index (κ2) is 8.39. The number of nitrogens with zero attached hydrogens (tertiary/aromatic N) is 2. The molecule has 0 bridgehead atoms. The maximum absolute atomic E-state index is 13.8. The summed E-state index contributed by atoms with van der Waals surface area (Å²) in [6, 6.07) is 4.25. The van der Waals surface area contributed by atoms with Crippen molar-refractivity contribution >= 4 is 5.97 Å². The number of halogens is 5. The summed E-state index contributed by atoms with van der Waals surface area (Å²) in [6.45, 7) is 0.236. The molecule has 0 radical (unpaired) electrons. The smallest absolute Gasteiger partial charge is 0.347 e. The molecule has 0 atom stereocenters. The maximum Gasteiger partial charge on any atom is 0.347 e. The van der Waals surface area contributed by atoms with Crippen LogP contribution in [0.15, 0.2) is 30.6 Å². The lowest BCUT2D eigenvalue weighted by Gasteiger charge is -2.15. The number of hydrogen-bond acceptors (Lipinski definition) is 5. The SMILES string of the molecule is COc1cc(C(=O)Oc2c(F)c(F)c(F)c(F)c2F)c(OC)cc1Cn1cccn1. The lowest BCUT2D eigenvalue weighted by molar-refractivity contribution is 0.0712. The van der Waals surface area contributed by atoms with Crippen LogP contribution in [0, 0.1) is 29.1 Å². The third kappa shape index (κ3) is 3.78. The Kier molecular flexibility index (Phi) is 5.90. The highest BCUT2D eigenvalue weighted by Gasteiger charge is 2.30. The molecule has 3 aromatic rings. The zero-order valence-corrected chi connectivity index (χ0v) is 15.5. The molecular formula is C19H13F5N2O4. The Morgan fingerprint density at radius 3 is 2.07 bits per heavy atom. The highest BCUT2D eigenvalue weighted by Crippen LogP contribution is 2.33. The fourth-order valence-corrected chi connectivity index (χ4v) is 2.63. The van der Waals surface area contributed by atoms with E-state index in [1.807, 2.05) is 0 Å². The minimum Gasteiger partial charge on any atom is -0.496 e. The molecule has 0 aliphatic rings. The molecule has 6 nitrogen and oxygen atoms in total. The average molecular weight is 428 g/mol. The van der Waals surface area contributed by atoms with E-state index in [0.29, 0.717) is 5.56 Å². The average Bonchev–Trinajstić information content (AvgIpc) is 3.26. The molecular weight excluding hydrogens is 415 g/mol. The van der Waals surface area contributed by atoms with Gasteiger partial charge in [0.15, 0.2) is 0 Å². The fraction of sp³-hybridized carbons (Fsp3) is 0.158. The van der Waals surface area contributed by atoms with Crippen LogP contribution in [0.25, 0.3) is 0 Å². The van der Waals surface area contributed by atoms with Crippen molar-refractivity contribution in [2.45, 2.75) is 6.54 Å². The molecule has 30 heavy (non-hydrogen) atoms. The van der Waals surface area contributed by atoms with Gasteiger partial charge in [0.2, 0.25) is 34.8 Å². The van der Waals surface area contributed by atoms with Crippen LogP contribution >= 0.6 is 0 Å². The molecule has 0 saturated heterocycles. The summed E-state index contributed by atoms with van der Waals surface area (Å²) in [5.41, 5.74) is 0.174. The van der Waals surface area contributed by atoms with Crippen LogP contribution < -0.4 is 14.2 Å². The monoisotopic (exact) mass is 428 g/mol. The zero-order chi connectivity index (χ0) is 22.0. The number of benzene rings is 2. The van der Waals surface area contributed by atoms with E-state index < -0.39 is 40.8 Å². The summed E-state index contributed by atoms with van der Waals surface area (Å²) in [5, 5.41) is 4.04. The van der Waals surface area contributed by atoms with Crippen LogP contribution in [0.1, 0.15) is 15.9 Å². The standard InChI is InChI=1S/C19H13F5N2O4/c1-28-11-7-10(12(29-2)6-9(11)8-26-5-3-4-25-26)19(27)30-18-16(23)14(21)13(20)15(22)17(18)24/h3-7H,8H2,1-2H3. The largest absolute Gasteiger partial charge is 0.496 e. The van der Waals surface area contributed by atoms with E-state index >= 15 is 0 Å². The normalized spacial score (nSPS) is 10.8. The summed E-state index contributed by atoms with van der Waals surface area (Å²) >= 11 is 0. The first-order chi connectivity index (χ1) is 14.3. The van der Waals surface area contributed by atoms with Gasteiger partial charge in [0.1, 0.15) is 17.1 Å². The minimum atomic E-state index is -2.37. The summed E-state index contributed by atoms with van der Waals surface area (Å²) < 4.78 is 83.9. The Balaban J connectivity index is 2.00. The maximum atomic E-state index is 13.8. The molecule has 0 fully saturated rings. The highest BCUT2D eigenvalue weighted by molar-refractivity contribution is 5.94. The van der Waals surface area contributed by atoms with Crippen molar-refractivity contribution in [3.05, 3.63) is 70.8 Å². The molecule has 158 valence electrons.